The van der Waals surface area contributed by atoms with E-state index in [0.717, 1.165) is 30.5 Å². The molecule has 0 fully saturated rings. The van der Waals surface area contributed by atoms with E-state index in [0.29, 0.717) is 28.4 Å². The molecule has 1 unspecified atom stereocenters. The highest BCUT2D eigenvalue weighted by Crippen LogP contribution is 2.34. The summed E-state index contributed by atoms with van der Waals surface area (Å²) in [7, 11) is 0. The second-order valence-electron chi connectivity index (χ2n) is 6.63. The quantitative estimate of drug-likeness (QED) is 0.344. The number of halogens is 4. The zero-order valence-corrected chi connectivity index (χ0v) is 17.8. The van der Waals surface area contributed by atoms with E-state index in [1.165, 1.54) is 19.2 Å². The van der Waals surface area contributed by atoms with Crippen LogP contribution in [-0.2, 0) is 11.3 Å². The van der Waals surface area contributed by atoms with Crippen LogP contribution in [0, 0.1) is 6.92 Å². The molecule has 1 atom stereocenters. The van der Waals surface area contributed by atoms with E-state index < -0.39 is 12.6 Å². The molecule has 1 aliphatic rings. The maximum Gasteiger partial charge on any atom is 0.524 e. The maximum atomic E-state index is 13.0. The molecule has 2 aromatic rings. The number of rotatable bonds is 6. The summed E-state index contributed by atoms with van der Waals surface area (Å²) in [5, 5.41) is 3.06. The number of alkyl halides is 3. The van der Waals surface area contributed by atoms with Gasteiger partial charge in [-0.2, -0.15) is 0 Å². The fraction of sp³-hybridized carbons (Fsp3) is 0.368. The molecule has 0 bridgehead atoms. The first-order chi connectivity index (χ1) is 14.2. The van der Waals surface area contributed by atoms with Crippen molar-refractivity contribution in [3.05, 3.63) is 46.5 Å². The van der Waals surface area contributed by atoms with Gasteiger partial charge in [0.05, 0.1) is 10.6 Å². The Bertz CT molecular complexity index is 962. The molecule has 2 N–H and O–H groups in total. The molecule has 162 valence electrons. The largest absolute Gasteiger partial charge is 0.524 e. The van der Waals surface area contributed by atoms with E-state index in [1.807, 2.05) is 16.7 Å². The van der Waals surface area contributed by atoms with Crippen LogP contribution >= 0.6 is 23.5 Å². The van der Waals surface area contributed by atoms with Gasteiger partial charge in [0.25, 0.3) is 5.91 Å². The average Bonchev–Trinajstić information content (AvgIpc) is 2.77. The molecule has 0 saturated carbocycles. The van der Waals surface area contributed by atoms with Gasteiger partial charge >= 0.3 is 6.36 Å². The number of ether oxygens (including phenoxy) is 1. The predicted octanol–water partition coefficient (Wildman–Crippen LogP) is 5.38. The molecular formula is C19H20ClF3N4O2S. The van der Waals surface area contributed by atoms with Crippen molar-refractivity contribution >= 4 is 41.2 Å². The van der Waals surface area contributed by atoms with E-state index in [4.69, 9.17) is 11.6 Å². The van der Waals surface area contributed by atoms with Crippen LogP contribution in [0.25, 0.3) is 6.08 Å². The van der Waals surface area contributed by atoms with Crippen molar-refractivity contribution < 1.29 is 22.7 Å². The highest BCUT2D eigenvalue weighted by atomic mass is 35.5. The zero-order chi connectivity index (χ0) is 21.9. The molecule has 2 aromatic heterocycles. The van der Waals surface area contributed by atoms with E-state index in [1.54, 1.807) is 13.0 Å². The van der Waals surface area contributed by atoms with Gasteiger partial charge in [-0.25, -0.2) is 9.71 Å². The minimum atomic E-state index is -4.74. The van der Waals surface area contributed by atoms with Crippen molar-refractivity contribution in [2.75, 3.05) is 5.32 Å². The zero-order valence-electron chi connectivity index (χ0n) is 16.2. The second kappa shape index (κ2) is 9.42. The van der Waals surface area contributed by atoms with Crippen LogP contribution in [0.3, 0.4) is 0 Å². The van der Waals surface area contributed by atoms with Gasteiger partial charge in [0, 0.05) is 18.4 Å². The Kier molecular flexibility index (Phi) is 7.12. The van der Waals surface area contributed by atoms with Crippen LogP contribution in [0.5, 0.6) is 0 Å². The Morgan fingerprint density at radius 2 is 2.20 bits per heavy atom. The molecule has 3 heterocycles. The lowest BCUT2D eigenvalue weighted by Crippen LogP contribution is -2.30. The highest BCUT2D eigenvalue weighted by molar-refractivity contribution is 7.97. The number of fused-ring (bicyclic) bond motifs is 1. The third-order valence-electron chi connectivity index (χ3n) is 4.35. The summed E-state index contributed by atoms with van der Waals surface area (Å²) in [4.78, 5) is 17.6. The van der Waals surface area contributed by atoms with Crippen LogP contribution in [0.1, 0.15) is 41.5 Å². The third-order valence-corrected chi connectivity index (χ3v) is 5.73. The van der Waals surface area contributed by atoms with Crippen LogP contribution in [0.2, 0.25) is 5.15 Å². The number of carbonyl (C=O) groups is 1. The molecule has 0 spiro atoms. The fourth-order valence-corrected chi connectivity index (χ4v) is 4.20. The number of hydrogen-bond donors (Lipinski definition) is 2. The molecule has 11 heteroatoms. The Hall–Kier alpha value is -2.01. The number of nitrogens with one attached hydrogen (secondary N) is 2. The Morgan fingerprint density at radius 1 is 1.43 bits per heavy atom. The summed E-state index contributed by atoms with van der Waals surface area (Å²) in [5.41, 5.74) is 2.36. The number of anilines is 1. The molecule has 30 heavy (non-hydrogen) atoms. The SMILES string of the molecule is Cc1c(SNC(C)OC(F)(F)F)c2n(c1C(=O)Nc1ccnc(Cl)c1)CCCC=C2. The van der Waals surface area contributed by atoms with E-state index in [2.05, 4.69) is 19.8 Å². The lowest BCUT2D eigenvalue weighted by atomic mass is 10.2. The smallest absolute Gasteiger partial charge is 0.336 e. The molecule has 1 amide bonds. The van der Waals surface area contributed by atoms with Gasteiger partial charge in [-0.05, 0) is 62.4 Å². The van der Waals surface area contributed by atoms with Gasteiger partial charge in [-0.3, -0.25) is 9.53 Å². The van der Waals surface area contributed by atoms with Crippen molar-refractivity contribution in [2.24, 2.45) is 0 Å². The maximum absolute atomic E-state index is 13.0. The molecule has 3 rings (SSSR count). The summed E-state index contributed by atoms with van der Waals surface area (Å²) in [6.45, 7) is 3.64. The van der Waals surface area contributed by atoms with Crippen molar-refractivity contribution in [3.8, 4) is 0 Å². The average molecular weight is 461 g/mol. The van der Waals surface area contributed by atoms with E-state index in [9.17, 15) is 18.0 Å². The van der Waals surface area contributed by atoms with Gasteiger partial charge in [0.2, 0.25) is 0 Å². The number of carbonyl (C=O) groups excluding carboxylic acids is 1. The number of pyridine rings is 1. The summed E-state index contributed by atoms with van der Waals surface area (Å²) < 4.78 is 45.8. The number of amides is 1. The second-order valence-corrected chi connectivity index (χ2v) is 7.87. The first-order valence-electron chi connectivity index (χ1n) is 9.15. The summed E-state index contributed by atoms with van der Waals surface area (Å²) >= 11 is 6.89. The van der Waals surface area contributed by atoms with Gasteiger partial charge in [-0.1, -0.05) is 17.7 Å². The lowest BCUT2D eigenvalue weighted by molar-refractivity contribution is -0.341. The lowest BCUT2D eigenvalue weighted by Gasteiger charge is -2.16. The molecule has 0 aliphatic carbocycles. The molecule has 0 radical (unpaired) electrons. The van der Waals surface area contributed by atoms with Gasteiger partial charge in [0.1, 0.15) is 17.1 Å². The topological polar surface area (TPSA) is 68.2 Å². The molecule has 0 aromatic carbocycles. The standard InChI is InChI=1S/C19H20ClF3N4O2S/c1-11-16(18(28)25-13-7-8-24-15(20)10-13)27-9-5-3-4-6-14(27)17(11)30-26-12(2)29-19(21,22)23/h4,6-8,10,12,26H,3,5,9H2,1-2H3,(H,24,25,28). The predicted molar refractivity (Wildman–Crippen MR) is 110 cm³/mol. The summed E-state index contributed by atoms with van der Waals surface area (Å²) in [5.74, 6) is -0.335. The fourth-order valence-electron chi connectivity index (χ4n) is 3.16. The van der Waals surface area contributed by atoms with Crippen LogP contribution in [0.15, 0.2) is 29.3 Å². The van der Waals surface area contributed by atoms with Crippen molar-refractivity contribution in [1.82, 2.24) is 14.3 Å². The number of aromatic nitrogens is 2. The van der Waals surface area contributed by atoms with Crippen LogP contribution in [0.4, 0.5) is 18.9 Å². The van der Waals surface area contributed by atoms with E-state index in [-0.39, 0.29) is 11.1 Å². The number of hydrogen-bond acceptors (Lipinski definition) is 5. The van der Waals surface area contributed by atoms with Gasteiger partial charge in [-0.15, -0.1) is 13.2 Å². The van der Waals surface area contributed by atoms with Crippen molar-refractivity contribution in [2.45, 2.75) is 50.7 Å². The summed E-state index contributed by atoms with van der Waals surface area (Å²) in [6.07, 6.45) is 1.03. The normalized spacial score (nSPS) is 14.9. The van der Waals surface area contributed by atoms with Crippen molar-refractivity contribution in [1.29, 1.82) is 0 Å². The van der Waals surface area contributed by atoms with Crippen LogP contribution in [-0.4, -0.2) is 28.0 Å². The Labute approximate surface area is 181 Å². The number of nitrogens with zero attached hydrogens (tertiary/aromatic N) is 2. The van der Waals surface area contributed by atoms with Gasteiger partial charge < -0.3 is 9.88 Å². The summed E-state index contributed by atoms with van der Waals surface area (Å²) in [6, 6.07) is 3.16. The molecule has 6 nitrogen and oxygen atoms in total. The molecular weight excluding hydrogens is 441 g/mol. The van der Waals surface area contributed by atoms with E-state index >= 15 is 0 Å². The first-order valence-corrected chi connectivity index (χ1v) is 10.3. The monoisotopic (exact) mass is 460 g/mol. The molecule has 1 aliphatic heterocycles. The minimum Gasteiger partial charge on any atom is -0.336 e. The first kappa shape index (κ1) is 22.7. The molecule has 0 saturated heterocycles. The van der Waals surface area contributed by atoms with Crippen LogP contribution < -0.4 is 10.0 Å². The van der Waals surface area contributed by atoms with Gasteiger partial charge in [0.15, 0.2) is 0 Å². The highest BCUT2D eigenvalue weighted by Gasteiger charge is 2.32. The Balaban J connectivity index is 1.89. The Morgan fingerprint density at radius 3 is 2.90 bits per heavy atom. The van der Waals surface area contributed by atoms with Crippen molar-refractivity contribution in [3.63, 3.8) is 0 Å². The minimum absolute atomic E-state index is 0.251. The third kappa shape index (κ3) is 5.57. The number of allylic oxidation sites excluding steroid dienone is 1.